The number of anilines is 1. The number of carbonyl (C=O) groups excluding carboxylic acids is 2. The van der Waals surface area contributed by atoms with Crippen LogP contribution in [0.2, 0.25) is 0 Å². The van der Waals surface area contributed by atoms with Gasteiger partial charge in [-0.3, -0.25) is 4.79 Å². The summed E-state index contributed by atoms with van der Waals surface area (Å²) < 4.78 is 9.26. The van der Waals surface area contributed by atoms with Crippen molar-refractivity contribution in [2.24, 2.45) is 5.92 Å². The van der Waals surface area contributed by atoms with Gasteiger partial charge in [-0.1, -0.05) is 0 Å². The average molecular weight is 293 g/mol. The van der Waals surface area contributed by atoms with Gasteiger partial charge in [0.25, 0.3) is 0 Å². The SMILES string of the molecule is COC(=O)CC1CCN(c2cnc(C(=O)OC)nc2)CC1. The highest BCUT2D eigenvalue weighted by atomic mass is 16.5. The summed E-state index contributed by atoms with van der Waals surface area (Å²) in [5.41, 5.74) is 0.874. The second-order valence-corrected chi connectivity index (χ2v) is 4.97. The number of methoxy groups -OCH3 is 2. The largest absolute Gasteiger partial charge is 0.469 e. The van der Waals surface area contributed by atoms with E-state index < -0.39 is 5.97 Å². The summed E-state index contributed by atoms with van der Waals surface area (Å²) in [5.74, 6) is -0.275. The first-order valence-corrected chi connectivity index (χ1v) is 6.86. The van der Waals surface area contributed by atoms with Gasteiger partial charge < -0.3 is 14.4 Å². The summed E-state index contributed by atoms with van der Waals surface area (Å²) in [5, 5.41) is 0. The van der Waals surface area contributed by atoms with Crippen LogP contribution in [0.1, 0.15) is 29.9 Å². The Bertz CT molecular complexity index is 495. The van der Waals surface area contributed by atoms with Gasteiger partial charge in [-0.05, 0) is 18.8 Å². The minimum absolute atomic E-state index is 0.0572. The Kier molecular flexibility index (Phi) is 5.08. The second-order valence-electron chi connectivity index (χ2n) is 4.97. The lowest BCUT2D eigenvalue weighted by atomic mass is 9.93. The first-order chi connectivity index (χ1) is 10.1. The van der Waals surface area contributed by atoms with Crippen molar-refractivity contribution in [3.63, 3.8) is 0 Å². The summed E-state index contributed by atoms with van der Waals surface area (Å²) in [4.78, 5) is 32.7. The van der Waals surface area contributed by atoms with E-state index in [4.69, 9.17) is 4.74 Å². The quantitative estimate of drug-likeness (QED) is 0.767. The van der Waals surface area contributed by atoms with Crippen LogP contribution in [0.5, 0.6) is 0 Å². The monoisotopic (exact) mass is 293 g/mol. The van der Waals surface area contributed by atoms with Crippen LogP contribution in [0.3, 0.4) is 0 Å². The predicted molar refractivity (Wildman–Crippen MR) is 74.9 cm³/mol. The van der Waals surface area contributed by atoms with E-state index in [2.05, 4.69) is 19.6 Å². The Morgan fingerprint density at radius 2 is 1.81 bits per heavy atom. The van der Waals surface area contributed by atoms with Crippen molar-refractivity contribution in [2.45, 2.75) is 19.3 Å². The van der Waals surface area contributed by atoms with Crippen LogP contribution in [-0.4, -0.2) is 49.2 Å². The van der Waals surface area contributed by atoms with Gasteiger partial charge in [0.2, 0.25) is 5.82 Å². The van der Waals surface area contributed by atoms with E-state index in [0.717, 1.165) is 31.6 Å². The van der Waals surface area contributed by atoms with Crippen molar-refractivity contribution in [2.75, 3.05) is 32.2 Å². The molecule has 0 bridgehead atoms. The molecule has 1 fully saturated rings. The molecule has 2 rings (SSSR count). The molecule has 1 aromatic heterocycles. The fourth-order valence-electron chi connectivity index (χ4n) is 2.40. The number of hydrogen-bond donors (Lipinski definition) is 0. The first kappa shape index (κ1) is 15.2. The van der Waals surface area contributed by atoms with Crippen molar-refractivity contribution >= 4 is 17.6 Å². The number of aromatic nitrogens is 2. The zero-order valence-electron chi connectivity index (χ0n) is 12.2. The Morgan fingerprint density at radius 1 is 1.19 bits per heavy atom. The molecule has 0 spiro atoms. The summed E-state index contributed by atoms with van der Waals surface area (Å²) >= 11 is 0. The molecule has 0 saturated carbocycles. The van der Waals surface area contributed by atoms with E-state index in [1.807, 2.05) is 0 Å². The maximum Gasteiger partial charge on any atom is 0.376 e. The molecule has 7 heteroatoms. The Morgan fingerprint density at radius 3 is 2.33 bits per heavy atom. The molecule has 21 heavy (non-hydrogen) atoms. The van der Waals surface area contributed by atoms with Crippen molar-refractivity contribution < 1.29 is 19.1 Å². The lowest BCUT2D eigenvalue weighted by Crippen LogP contribution is -2.34. The maximum atomic E-state index is 11.3. The molecule has 1 aromatic rings. The van der Waals surface area contributed by atoms with E-state index in [1.165, 1.54) is 14.2 Å². The van der Waals surface area contributed by atoms with Crippen LogP contribution in [-0.2, 0) is 14.3 Å². The van der Waals surface area contributed by atoms with Crippen LogP contribution in [0, 0.1) is 5.92 Å². The van der Waals surface area contributed by atoms with Gasteiger partial charge in [-0.15, -0.1) is 0 Å². The number of rotatable bonds is 4. The molecule has 0 unspecified atom stereocenters. The Hall–Kier alpha value is -2.18. The molecule has 0 aromatic carbocycles. The van der Waals surface area contributed by atoms with Gasteiger partial charge in [0.05, 0.1) is 32.3 Å². The second kappa shape index (κ2) is 7.01. The smallest absolute Gasteiger partial charge is 0.376 e. The van der Waals surface area contributed by atoms with Gasteiger partial charge >= 0.3 is 11.9 Å². The van der Waals surface area contributed by atoms with Crippen LogP contribution < -0.4 is 4.90 Å². The molecule has 0 radical (unpaired) electrons. The number of nitrogens with zero attached hydrogens (tertiary/aromatic N) is 3. The highest BCUT2D eigenvalue weighted by Gasteiger charge is 2.22. The normalized spacial score (nSPS) is 15.6. The number of esters is 2. The van der Waals surface area contributed by atoms with Crippen LogP contribution in [0.4, 0.5) is 5.69 Å². The number of hydrogen-bond acceptors (Lipinski definition) is 7. The third kappa shape index (κ3) is 3.90. The molecule has 1 aliphatic rings. The van der Waals surface area contributed by atoms with E-state index in [0.29, 0.717) is 12.3 Å². The molecule has 114 valence electrons. The first-order valence-electron chi connectivity index (χ1n) is 6.86. The zero-order chi connectivity index (χ0) is 15.2. The summed E-state index contributed by atoms with van der Waals surface area (Å²) in [6.45, 7) is 1.67. The molecule has 0 amide bonds. The molecule has 7 nitrogen and oxygen atoms in total. The summed E-state index contributed by atoms with van der Waals surface area (Å²) in [6.07, 6.45) is 5.57. The molecule has 1 aliphatic heterocycles. The van der Waals surface area contributed by atoms with Crippen LogP contribution in [0.15, 0.2) is 12.4 Å². The molecular weight excluding hydrogens is 274 g/mol. The topological polar surface area (TPSA) is 81.6 Å². The fourth-order valence-corrected chi connectivity index (χ4v) is 2.40. The van der Waals surface area contributed by atoms with E-state index in [1.54, 1.807) is 12.4 Å². The van der Waals surface area contributed by atoms with Crippen molar-refractivity contribution in [3.8, 4) is 0 Å². The van der Waals surface area contributed by atoms with Crippen molar-refractivity contribution in [1.29, 1.82) is 0 Å². The predicted octanol–water partition coefficient (Wildman–Crippen LogP) is 1.04. The van der Waals surface area contributed by atoms with Gasteiger partial charge in [0, 0.05) is 19.5 Å². The van der Waals surface area contributed by atoms with Gasteiger partial charge in [-0.25, -0.2) is 14.8 Å². The van der Waals surface area contributed by atoms with E-state index in [-0.39, 0.29) is 11.8 Å². The molecular formula is C14H19N3O4. The lowest BCUT2D eigenvalue weighted by Gasteiger charge is -2.32. The highest BCUT2D eigenvalue weighted by molar-refractivity contribution is 5.85. The van der Waals surface area contributed by atoms with Crippen molar-refractivity contribution in [1.82, 2.24) is 9.97 Å². The maximum absolute atomic E-state index is 11.3. The fraction of sp³-hybridized carbons (Fsp3) is 0.571. The van der Waals surface area contributed by atoms with Gasteiger partial charge in [0.15, 0.2) is 0 Å². The minimum Gasteiger partial charge on any atom is -0.469 e. The summed E-state index contributed by atoms with van der Waals surface area (Å²) in [6, 6.07) is 0. The standard InChI is InChI=1S/C14H19N3O4/c1-20-12(18)7-10-3-5-17(6-4-10)11-8-15-13(16-9-11)14(19)21-2/h8-10H,3-7H2,1-2H3. The van der Waals surface area contributed by atoms with E-state index in [9.17, 15) is 9.59 Å². The molecule has 0 aliphatic carbocycles. The van der Waals surface area contributed by atoms with Crippen molar-refractivity contribution in [3.05, 3.63) is 18.2 Å². The Balaban J connectivity index is 1.90. The summed E-state index contributed by atoms with van der Waals surface area (Å²) in [7, 11) is 2.71. The number of carbonyl (C=O) groups is 2. The minimum atomic E-state index is -0.543. The van der Waals surface area contributed by atoms with Crippen LogP contribution in [0.25, 0.3) is 0 Å². The molecule has 0 atom stereocenters. The van der Waals surface area contributed by atoms with Crippen LogP contribution >= 0.6 is 0 Å². The van der Waals surface area contributed by atoms with Gasteiger partial charge in [-0.2, -0.15) is 0 Å². The third-order valence-electron chi connectivity index (χ3n) is 3.67. The number of ether oxygens (including phenoxy) is 2. The lowest BCUT2D eigenvalue weighted by molar-refractivity contribution is -0.141. The Labute approximate surface area is 123 Å². The molecule has 2 heterocycles. The number of piperidine rings is 1. The van der Waals surface area contributed by atoms with E-state index >= 15 is 0 Å². The molecule has 1 saturated heterocycles. The molecule has 0 N–H and O–H groups in total. The average Bonchev–Trinajstić information content (AvgIpc) is 2.55. The zero-order valence-corrected chi connectivity index (χ0v) is 12.2. The van der Waals surface area contributed by atoms with Gasteiger partial charge in [0.1, 0.15) is 0 Å². The highest BCUT2D eigenvalue weighted by Crippen LogP contribution is 2.24. The third-order valence-corrected chi connectivity index (χ3v) is 3.67.